The van der Waals surface area contributed by atoms with Crippen LogP contribution in [0, 0.1) is 23.7 Å². The second kappa shape index (κ2) is 9.49. The molecule has 24 heavy (non-hydrogen) atoms. The van der Waals surface area contributed by atoms with Gasteiger partial charge in [-0.05, 0) is 74.3 Å². The third-order valence-electron chi connectivity index (χ3n) is 6.46. The first-order chi connectivity index (χ1) is 11.5. The molecule has 0 aromatic heterocycles. The summed E-state index contributed by atoms with van der Waals surface area (Å²) in [5, 5.41) is 3.67. The van der Waals surface area contributed by atoms with Gasteiger partial charge in [0.2, 0.25) is 0 Å². The molecular formula is C23H39N. The zero-order chi connectivity index (χ0) is 17.5. The molecule has 0 unspecified atom stereocenters. The van der Waals surface area contributed by atoms with Gasteiger partial charge in [-0.15, -0.1) is 0 Å². The van der Waals surface area contributed by atoms with Crippen LogP contribution in [-0.4, -0.2) is 6.54 Å². The maximum absolute atomic E-state index is 3.89. The van der Waals surface area contributed by atoms with Crippen LogP contribution in [-0.2, 0) is 0 Å². The monoisotopic (exact) mass is 329 g/mol. The number of nitrogens with one attached hydrogen (secondary N) is 1. The van der Waals surface area contributed by atoms with Crippen LogP contribution >= 0.6 is 0 Å². The quantitative estimate of drug-likeness (QED) is 0.492. The van der Waals surface area contributed by atoms with E-state index >= 15 is 0 Å². The molecule has 136 valence electrons. The van der Waals surface area contributed by atoms with Gasteiger partial charge < -0.3 is 5.32 Å². The maximum atomic E-state index is 3.89. The van der Waals surface area contributed by atoms with Gasteiger partial charge in [0.1, 0.15) is 0 Å². The van der Waals surface area contributed by atoms with Gasteiger partial charge in [-0.25, -0.2) is 0 Å². The fourth-order valence-electron chi connectivity index (χ4n) is 4.40. The summed E-state index contributed by atoms with van der Waals surface area (Å²) in [7, 11) is 0. The first kappa shape index (κ1) is 19.3. The van der Waals surface area contributed by atoms with Crippen molar-refractivity contribution in [3.63, 3.8) is 0 Å². The zero-order valence-electron chi connectivity index (χ0n) is 16.5. The molecule has 2 saturated carbocycles. The molecule has 2 fully saturated rings. The third kappa shape index (κ3) is 5.83. The summed E-state index contributed by atoms with van der Waals surface area (Å²) in [5.74, 6) is 3.95. The molecular weight excluding hydrogens is 290 g/mol. The molecule has 2 aliphatic rings. The van der Waals surface area contributed by atoms with Crippen LogP contribution in [0.25, 0.3) is 0 Å². The molecule has 0 aromatic carbocycles. The predicted molar refractivity (Wildman–Crippen MR) is 107 cm³/mol. The molecule has 1 N–H and O–H groups in total. The third-order valence-corrected chi connectivity index (χ3v) is 6.46. The van der Waals surface area contributed by atoms with E-state index in [0.717, 1.165) is 36.6 Å². The Morgan fingerprint density at radius 2 is 1.71 bits per heavy atom. The van der Waals surface area contributed by atoms with Crippen LogP contribution in [0.2, 0.25) is 0 Å². The van der Waals surface area contributed by atoms with Crippen molar-refractivity contribution in [3.05, 3.63) is 35.6 Å². The number of rotatable bonds is 8. The first-order valence-electron chi connectivity index (χ1n) is 10.3. The lowest BCUT2D eigenvalue weighted by atomic mass is 9.68. The average Bonchev–Trinajstić information content (AvgIpc) is 2.55. The molecule has 2 rings (SSSR count). The Morgan fingerprint density at radius 1 is 1.04 bits per heavy atom. The Kier molecular flexibility index (Phi) is 7.65. The largest absolute Gasteiger partial charge is 0.388 e. The molecule has 0 saturated heterocycles. The molecule has 0 spiro atoms. The highest BCUT2D eigenvalue weighted by Gasteiger charge is 2.31. The van der Waals surface area contributed by atoms with Crippen molar-refractivity contribution in [1.82, 2.24) is 5.32 Å². The fraction of sp³-hybridized carbons (Fsp3) is 0.739. The molecule has 0 atom stereocenters. The van der Waals surface area contributed by atoms with Crippen molar-refractivity contribution in [2.24, 2.45) is 23.7 Å². The van der Waals surface area contributed by atoms with Crippen molar-refractivity contribution >= 4 is 0 Å². The minimum atomic E-state index is 0.897. The lowest BCUT2D eigenvalue weighted by Gasteiger charge is -2.39. The Labute approximate surface area is 150 Å². The fourth-order valence-corrected chi connectivity index (χ4v) is 4.40. The van der Waals surface area contributed by atoms with E-state index in [9.17, 15) is 0 Å². The molecule has 0 heterocycles. The lowest BCUT2D eigenvalue weighted by Crippen LogP contribution is -2.34. The maximum Gasteiger partial charge on any atom is 0.0172 e. The van der Waals surface area contributed by atoms with Gasteiger partial charge >= 0.3 is 0 Å². The zero-order valence-corrected chi connectivity index (χ0v) is 16.5. The molecule has 0 bridgehead atoms. The Hall–Kier alpha value is -0.980. The summed E-state index contributed by atoms with van der Waals surface area (Å²) in [5.41, 5.74) is 3.99. The normalized spacial score (nSPS) is 31.9. The van der Waals surface area contributed by atoms with E-state index in [0.29, 0.717) is 0 Å². The molecule has 1 nitrogen and oxygen atoms in total. The van der Waals surface area contributed by atoms with Crippen LogP contribution in [0.3, 0.4) is 0 Å². The molecule has 0 radical (unpaired) electrons. The molecule has 0 aromatic rings. The van der Waals surface area contributed by atoms with E-state index in [2.05, 4.69) is 45.7 Å². The second-order valence-corrected chi connectivity index (χ2v) is 8.53. The Bertz CT molecular complexity index is 456. The van der Waals surface area contributed by atoms with E-state index < -0.39 is 0 Å². The number of hydrogen-bond acceptors (Lipinski definition) is 1. The van der Waals surface area contributed by atoms with Crippen molar-refractivity contribution in [3.8, 4) is 0 Å². The van der Waals surface area contributed by atoms with Crippen LogP contribution < -0.4 is 5.32 Å². The first-order valence-corrected chi connectivity index (χ1v) is 10.3. The van der Waals surface area contributed by atoms with Gasteiger partial charge in [-0.3, -0.25) is 0 Å². The molecule has 0 aliphatic heterocycles. The minimum absolute atomic E-state index is 0.897. The van der Waals surface area contributed by atoms with Crippen LogP contribution in [0.15, 0.2) is 35.6 Å². The molecule has 0 amide bonds. The van der Waals surface area contributed by atoms with E-state index in [1.54, 1.807) is 0 Å². The second-order valence-electron chi connectivity index (χ2n) is 8.53. The van der Waals surface area contributed by atoms with Crippen LogP contribution in [0.5, 0.6) is 0 Å². The van der Waals surface area contributed by atoms with Crippen molar-refractivity contribution in [2.75, 3.05) is 6.54 Å². The smallest absolute Gasteiger partial charge is 0.0172 e. The summed E-state index contributed by atoms with van der Waals surface area (Å²) in [6.45, 7) is 14.1. The molecule has 1 heteroatoms. The van der Waals surface area contributed by atoms with Gasteiger partial charge in [0.15, 0.2) is 0 Å². The van der Waals surface area contributed by atoms with Crippen LogP contribution in [0.1, 0.15) is 79.1 Å². The highest BCUT2D eigenvalue weighted by molar-refractivity contribution is 5.30. The summed E-state index contributed by atoms with van der Waals surface area (Å²) in [6, 6.07) is 0. The predicted octanol–water partition coefficient (Wildman–Crippen LogP) is 6.63. The van der Waals surface area contributed by atoms with E-state index in [1.165, 1.54) is 61.8 Å². The summed E-state index contributed by atoms with van der Waals surface area (Å²) in [4.78, 5) is 0. The Morgan fingerprint density at radius 3 is 2.29 bits per heavy atom. The molecule has 2 aliphatic carbocycles. The van der Waals surface area contributed by atoms with Crippen LogP contribution in [0.4, 0.5) is 0 Å². The average molecular weight is 330 g/mol. The SMILES string of the molecule is C=C/C(=C\C(C)=C(/C)NCC1CC(CC2CCC(C)CC2)C1)CC. The lowest BCUT2D eigenvalue weighted by molar-refractivity contribution is 0.137. The van der Waals surface area contributed by atoms with Gasteiger partial charge in [0, 0.05) is 12.2 Å². The van der Waals surface area contributed by atoms with Crippen molar-refractivity contribution in [2.45, 2.75) is 79.1 Å². The topological polar surface area (TPSA) is 12.0 Å². The standard InChI is InChI=1S/C23H39N/c1-6-20(7-2)12-18(4)19(5)24-16-23-14-22(15-23)13-21-10-8-17(3)9-11-21/h6,12,17,21-24H,1,7-11,13-16H2,2-5H3/b19-18+,20-12+. The number of allylic oxidation sites excluding steroid dienone is 5. The summed E-state index contributed by atoms with van der Waals surface area (Å²) in [6.07, 6.45) is 15.7. The van der Waals surface area contributed by atoms with Crippen molar-refractivity contribution < 1.29 is 0 Å². The minimum Gasteiger partial charge on any atom is -0.388 e. The highest BCUT2D eigenvalue weighted by atomic mass is 14.9. The van der Waals surface area contributed by atoms with Gasteiger partial charge in [0.05, 0.1) is 0 Å². The van der Waals surface area contributed by atoms with E-state index in [4.69, 9.17) is 0 Å². The van der Waals surface area contributed by atoms with Gasteiger partial charge in [0.25, 0.3) is 0 Å². The Balaban J connectivity index is 1.66. The van der Waals surface area contributed by atoms with E-state index in [-0.39, 0.29) is 0 Å². The van der Waals surface area contributed by atoms with Gasteiger partial charge in [-0.1, -0.05) is 58.3 Å². The van der Waals surface area contributed by atoms with Crippen molar-refractivity contribution in [1.29, 1.82) is 0 Å². The van der Waals surface area contributed by atoms with E-state index in [1.807, 2.05) is 6.08 Å². The highest BCUT2D eigenvalue weighted by Crippen LogP contribution is 2.41. The summed E-state index contributed by atoms with van der Waals surface area (Å²) >= 11 is 0. The summed E-state index contributed by atoms with van der Waals surface area (Å²) < 4.78 is 0. The van der Waals surface area contributed by atoms with Gasteiger partial charge in [-0.2, -0.15) is 0 Å². The number of hydrogen-bond donors (Lipinski definition) is 1.